The van der Waals surface area contributed by atoms with Gasteiger partial charge in [0, 0.05) is 26.2 Å². The highest BCUT2D eigenvalue weighted by Gasteiger charge is 2.23. The molecule has 1 fully saturated rings. The first-order valence-corrected chi connectivity index (χ1v) is 9.73. The van der Waals surface area contributed by atoms with E-state index in [1.165, 1.54) is 0 Å². The summed E-state index contributed by atoms with van der Waals surface area (Å²) in [4.78, 5) is 18.6. The van der Waals surface area contributed by atoms with E-state index in [1.807, 2.05) is 37.4 Å². The zero-order chi connectivity index (χ0) is 19.5. The fourth-order valence-electron chi connectivity index (χ4n) is 2.59. The first kappa shape index (κ1) is 24.3. The van der Waals surface area contributed by atoms with Crippen molar-refractivity contribution >= 4 is 35.8 Å². The van der Waals surface area contributed by atoms with E-state index in [0.29, 0.717) is 18.3 Å². The molecule has 0 aliphatic heterocycles. The highest BCUT2D eigenvalue weighted by atomic mass is 127. The molecule has 0 aromatic heterocycles. The summed E-state index contributed by atoms with van der Waals surface area (Å²) in [7, 11) is 2.04. The number of benzene rings is 1. The summed E-state index contributed by atoms with van der Waals surface area (Å²) in [6.07, 6.45) is 6.15. The number of unbranched alkanes of at least 4 members (excludes halogenated alkanes) is 1. The minimum Gasteiger partial charge on any atom is -0.484 e. The Kier molecular flexibility index (Phi) is 11.6. The average Bonchev–Trinajstić information content (AvgIpc) is 3.48. The summed E-state index contributed by atoms with van der Waals surface area (Å²) in [5, 5.41) is 6.24. The minimum absolute atomic E-state index is 0. The van der Waals surface area contributed by atoms with Crippen molar-refractivity contribution in [3.8, 4) is 5.75 Å². The minimum atomic E-state index is -0.0588. The fourth-order valence-corrected chi connectivity index (χ4v) is 2.59. The second-order valence-corrected chi connectivity index (χ2v) is 6.80. The van der Waals surface area contributed by atoms with Gasteiger partial charge in [0.15, 0.2) is 12.6 Å². The number of allylic oxidation sites excluding steroid dienone is 1. The Morgan fingerprint density at radius 2 is 2.21 bits per heavy atom. The summed E-state index contributed by atoms with van der Waals surface area (Å²) in [5.74, 6) is 1.52. The lowest BCUT2D eigenvalue weighted by Crippen LogP contribution is -2.39. The van der Waals surface area contributed by atoms with Crippen LogP contribution < -0.4 is 15.4 Å². The quantitative estimate of drug-likeness (QED) is 0.161. The van der Waals surface area contributed by atoms with Crippen molar-refractivity contribution in [3.05, 3.63) is 42.5 Å². The van der Waals surface area contributed by atoms with E-state index in [1.54, 1.807) is 0 Å². The number of ether oxygens (including phenoxy) is 1. The molecule has 0 spiro atoms. The molecule has 1 saturated carbocycles. The molecule has 28 heavy (non-hydrogen) atoms. The number of amides is 1. The molecule has 1 aromatic carbocycles. The molecule has 1 aliphatic carbocycles. The van der Waals surface area contributed by atoms with Crippen LogP contribution in [-0.2, 0) is 11.3 Å². The number of nitrogens with one attached hydrogen (secondary N) is 2. The van der Waals surface area contributed by atoms with Crippen molar-refractivity contribution in [1.82, 2.24) is 15.5 Å². The van der Waals surface area contributed by atoms with Crippen molar-refractivity contribution in [2.45, 2.75) is 45.2 Å². The molecule has 0 heterocycles. The molecule has 0 unspecified atom stereocenters. The number of hydrogen-bond acceptors (Lipinski definition) is 3. The predicted octanol–water partition coefficient (Wildman–Crippen LogP) is 3.33. The van der Waals surface area contributed by atoms with Gasteiger partial charge in [-0.1, -0.05) is 18.2 Å². The van der Waals surface area contributed by atoms with Gasteiger partial charge in [-0.3, -0.25) is 4.79 Å². The number of aliphatic imine (C=N–C) groups is 1. The molecular weight excluding hydrogens is 467 g/mol. The number of rotatable bonds is 11. The molecule has 0 bridgehead atoms. The second kappa shape index (κ2) is 13.4. The third-order valence-electron chi connectivity index (χ3n) is 4.22. The van der Waals surface area contributed by atoms with Gasteiger partial charge >= 0.3 is 0 Å². The SMILES string of the molecule is C=CCCCN(C)C(=NCc1cccc(OCC(=O)NC2CC2)c1)NCC.I. The van der Waals surface area contributed by atoms with Crippen molar-refractivity contribution in [2.75, 3.05) is 26.7 Å². The Bertz CT molecular complexity index is 647. The Morgan fingerprint density at radius 1 is 1.43 bits per heavy atom. The van der Waals surface area contributed by atoms with E-state index in [9.17, 15) is 4.79 Å². The van der Waals surface area contributed by atoms with E-state index in [0.717, 1.165) is 50.3 Å². The van der Waals surface area contributed by atoms with Gasteiger partial charge in [-0.2, -0.15) is 0 Å². The van der Waals surface area contributed by atoms with E-state index < -0.39 is 0 Å². The third kappa shape index (κ3) is 9.43. The van der Waals surface area contributed by atoms with Crippen LogP contribution in [0.15, 0.2) is 41.9 Å². The molecule has 2 rings (SSSR count). The molecule has 0 atom stereocenters. The van der Waals surface area contributed by atoms with Gasteiger partial charge in [-0.15, -0.1) is 30.6 Å². The number of nitrogens with zero attached hydrogens (tertiary/aromatic N) is 2. The number of carbonyl (C=O) groups excluding carboxylic acids is 1. The van der Waals surface area contributed by atoms with Crippen molar-refractivity contribution in [3.63, 3.8) is 0 Å². The van der Waals surface area contributed by atoms with Crippen LogP contribution in [0.2, 0.25) is 0 Å². The van der Waals surface area contributed by atoms with Gasteiger partial charge in [0.1, 0.15) is 5.75 Å². The van der Waals surface area contributed by atoms with Crippen LogP contribution in [0.3, 0.4) is 0 Å². The Labute approximate surface area is 185 Å². The van der Waals surface area contributed by atoms with Crippen molar-refractivity contribution < 1.29 is 9.53 Å². The summed E-state index contributed by atoms with van der Waals surface area (Å²) < 4.78 is 5.61. The molecular formula is C21H33IN4O2. The van der Waals surface area contributed by atoms with Gasteiger partial charge in [-0.05, 0) is 50.3 Å². The highest BCUT2D eigenvalue weighted by Crippen LogP contribution is 2.18. The second-order valence-electron chi connectivity index (χ2n) is 6.80. The molecule has 0 radical (unpaired) electrons. The maximum atomic E-state index is 11.7. The molecule has 1 amide bonds. The molecule has 156 valence electrons. The normalized spacial score (nSPS) is 13.3. The summed E-state index contributed by atoms with van der Waals surface area (Å²) >= 11 is 0. The third-order valence-corrected chi connectivity index (χ3v) is 4.22. The van der Waals surface area contributed by atoms with Crippen LogP contribution in [0, 0.1) is 0 Å². The Hall–Kier alpha value is -1.77. The Balaban J connectivity index is 0.00000392. The van der Waals surface area contributed by atoms with Crippen LogP contribution in [0.1, 0.15) is 38.2 Å². The molecule has 6 nitrogen and oxygen atoms in total. The number of hydrogen-bond donors (Lipinski definition) is 2. The maximum absolute atomic E-state index is 11.7. The number of halogens is 1. The summed E-state index contributed by atoms with van der Waals surface area (Å²) in [6.45, 7) is 8.19. The monoisotopic (exact) mass is 500 g/mol. The van der Waals surface area contributed by atoms with Gasteiger partial charge in [0.05, 0.1) is 6.54 Å². The van der Waals surface area contributed by atoms with Crippen molar-refractivity contribution in [1.29, 1.82) is 0 Å². The predicted molar refractivity (Wildman–Crippen MR) is 125 cm³/mol. The van der Waals surface area contributed by atoms with E-state index in [-0.39, 0.29) is 36.5 Å². The first-order valence-electron chi connectivity index (χ1n) is 9.73. The van der Waals surface area contributed by atoms with Crippen LogP contribution in [0.4, 0.5) is 0 Å². The molecule has 7 heteroatoms. The first-order chi connectivity index (χ1) is 13.1. The molecule has 0 saturated heterocycles. The van der Waals surface area contributed by atoms with E-state index in [2.05, 4.69) is 29.0 Å². The lowest BCUT2D eigenvalue weighted by Gasteiger charge is -2.21. The molecule has 1 aromatic rings. The van der Waals surface area contributed by atoms with Crippen LogP contribution >= 0.6 is 24.0 Å². The molecule has 1 aliphatic rings. The van der Waals surface area contributed by atoms with Crippen LogP contribution in [0.5, 0.6) is 5.75 Å². The van der Waals surface area contributed by atoms with Gasteiger partial charge in [0.25, 0.3) is 5.91 Å². The lowest BCUT2D eigenvalue weighted by atomic mass is 10.2. The average molecular weight is 500 g/mol. The largest absolute Gasteiger partial charge is 0.484 e. The smallest absolute Gasteiger partial charge is 0.258 e. The van der Waals surface area contributed by atoms with Crippen molar-refractivity contribution in [2.24, 2.45) is 4.99 Å². The number of guanidine groups is 1. The van der Waals surface area contributed by atoms with Gasteiger partial charge in [0.2, 0.25) is 0 Å². The van der Waals surface area contributed by atoms with Gasteiger partial charge < -0.3 is 20.3 Å². The van der Waals surface area contributed by atoms with Crippen LogP contribution in [0.25, 0.3) is 0 Å². The summed E-state index contributed by atoms with van der Waals surface area (Å²) in [5.41, 5.74) is 1.05. The zero-order valence-corrected chi connectivity index (χ0v) is 19.3. The van der Waals surface area contributed by atoms with E-state index in [4.69, 9.17) is 9.73 Å². The Morgan fingerprint density at radius 3 is 2.89 bits per heavy atom. The number of carbonyl (C=O) groups is 1. The van der Waals surface area contributed by atoms with Gasteiger partial charge in [-0.25, -0.2) is 4.99 Å². The van der Waals surface area contributed by atoms with E-state index >= 15 is 0 Å². The standard InChI is InChI=1S/C21H32N4O2.HI/c1-4-6-7-13-25(3)21(22-5-2)23-15-17-9-8-10-19(14-17)27-16-20(26)24-18-11-12-18;/h4,8-10,14,18H,1,5-7,11-13,15-16H2,2-3H3,(H,22,23)(H,24,26);1H. The maximum Gasteiger partial charge on any atom is 0.258 e. The highest BCUT2D eigenvalue weighted by molar-refractivity contribution is 14.0. The fraction of sp³-hybridized carbons (Fsp3) is 0.524. The topological polar surface area (TPSA) is 66.0 Å². The summed E-state index contributed by atoms with van der Waals surface area (Å²) in [6, 6.07) is 8.11. The zero-order valence-electron chi connectivity index (χ0n) is 16.9. The molecule has 2 N–H and O–H groups in total. The van der Waals surface area contributed by atoms with Crippen LogP contribution in [-0.4, -0.2) is 49.6 Å². The lowest BCUT2D eigenvalue weighted by molar-refractivity contribution is -0.123.